The Balaban J connectivity index is 1.24. The largest absolute Gasteiger partial charge is 0.456 e. The minimum Gasteiger partial charge on any atom is -0.456 e. The highest BCUT2D eigenvalue weighted by Crippen LogP contribution is 2.56. The number of rotatable bonds is 6. The van der Waals surface area contributed by atoms with Crippen LogP contribution in [0.2, 0.25) is 0 Å². The molecule has 3 fully saturated rings. The quantitative estimate of drug-likeness (QED) is 0.586. The molecule has 0 radical (unpaired) electrons. The zero-order valence-electron chi connectivity index (χ0n) is 16.8. The highest BCUT2D eigenvalue weighted by Gasteiger charge is 2.60. The molecule has 2 aliphatic carbocycles. The minimum absolute atomic E-state index is 0.0293. The number of esters is 1. The summed E-state index contributed by atoms with van der Waals surface area (Å²) in [6, 6.07) is 5.58. The average molecular weight is 398 g/mol. The molecule has 1 aromatic carbocycles. The number of nitrogens with zero attached hydrogens (tertiary/aromatic N) is 1. The summed E-state index contributed by atoms with van der Waals surface area (Å²) in [5.41, 5.74) is 2.69. The van der Waals surface area contributed by atoms with Gasteiger partial charge in [-0.15, -0.1) is 0 Å². The van der Waals surface area contributed by atoms with E-state index >= 15 is 0 Å². The van der Waals surface area contributed by atoms with E-state index in [2.05, 4.69) is 5.32 Å². The van der Waals surface area contributed by atoms with Crippen LogP contribution < -0.4 is 5.32 Å². The Morgan fingerprint density at radius 3 is 2.41 bits per heavy atom. The fraction of sp³-hybridized carbons (Fsp3) is 0.545. The summed E-state index contributed by atoms with van der Waals surface area (Å²) < 4.78 is 5.02. The zero-order valence-corrected chi connectivity index (χ0v) is 16.8. The van der Waals surface area contributed by atoms with Crippen molar-refractivity contribution in [2.45, 2.75) is 39.5 Å². The van der Waals surface area contributed by atoms with Crippen LogP contribution in [-0.4, -0.2) is 41.7 Å². The molecule has 4 atom stereocenters. The third kappa shape index (κ3) is 3.54. The molecule has 7 nitrogen and oxygen atoms in total. The van der Waals surface area contributed by atoms with Crippen LogP contribution in [0.5, 0.6) is 0 Å². The van der Waals surface area contributed by atoms with Gasteiger partial charge in [0.25, 0.3) is 5.91 Å². The van der Waals surface area contributed by atoms with Crippen LogP contribution in [-0.2, 0) is 23.9 Å². The summed E-state index contributed by atoms with van der Waals surface area (Å²) in [6.07, 6.45) is 2.94. The summed E-state index contributed by atoms with van der Waals surface area (Å²) in [5.74, 6) is -0.992. The predicted octanol–water partition coefficient (Wildman–Crippen LogP) is 2.21. The molecule has 1 saturated heterocycles. The number of ether oxygens (including phenoxy) is 1. The van der Waals surface area contributed by atoms with Gasteiger partial charge < -0.3 is 10.1 Å². The van der Waals surface area contributed by atoms with Gasteiger partial charge in [0.05, 0.1) is 18.3 Å². The summed E-state index contributed by atoms with van der Waals surface area (Å²) in [7, 11) is 0. The van der Waals surface area contributed by atoms with E-state index in [4.69, 9.17) is 4.74 Å². The van der Waals surface area contributed by atoms with Crippen molar-refractivity contribution in [2.75, 3.05) is 18.5 Å². The number of hydrogen-bond donors (Lipinski definition) is 1. The van der Waals surface area contributed by atoms with Gasteiger partial charge in [0.2, 0.25) is 11.8 Å². The number of aryl methyl sites for hydroxylation is 1. The van der Waals surface area contributed by atoms with E-state index in [-0.39, 0.29) is 36.6 Å². The first-order chi connectivity index (χ1) is 13.9. The Kier molecular flexibility index (Phi) is 5.15. The summed E-state index contributed by atoms with van der Waals surface area (Å²) in [6.45, 7) is 3.49. The standard InChI is InChI=1S/C22H26N2O5/c1-12-4-3-5-16(13(12)2)23-17(25)11-29-18(26)8-9-24-21(27)19-14-6-7-15(10-14)20(19)22(24)28/h3-5,14-15,19-20H,6-11H2,1-2H3,(H,23,25)/t14-,15-,19+,20+/m0/s1. The molecule has 1 N–H and O–H groups in total. The van der Waals surface area contributed by atoms with Gasteiger partial charge in [-0.05, 0) is 62.1 Å². The molecule has 2 bridgehead atoms. The van der Waals surface area contributed by atoms with E-state index in [0.29, 0.717) is 17.5 Å². The second-order valence-electron chi connectivity index (χ2n) is 8.42. The van der Waals surface area contributed by atoms with E-state index < -0.39 is 18.5 Å². The minimum atomic E-state index is -0.596. The molecule has 3 amide bonds. The van der Waals surface area contributed by atoms with Gasteiger partial charge in [-0.2, -0.15) is 0 Å². The van der Waals surface area contributed by atoms with Crippen LogP contribution in [0.3, 0.4) is 0 Å². The lowest BCUT2D eigenvalue weighted by Gasteiger charge is -2.19. The Bertz CT molecular complexity index is 852. The van der Waals surface area contributed by atoms with Crippen molar-refractivity contribution in [3.8, 4) is 0 Å². The van der Waals surface area contributed by atoms with Gasteiger partial charge in [-0.25, -0.2) is 0 Å². The molecule has 29 heavy (non-hydrogen) atoms. The number of carbonyl (C=O) groups excluding carboxylic acids is 4. The Labute approximate surface area is 169 Å². The first-order valence-corrected chi connectivity index (χ1v) is 10.2. The maximum Gasteiger partial charge on any atom is 0.308 e. The second kappa shape index (κ2) is 7.61. The first kappa shape index (κ1) is 19.6. The number of benzene rings is 1. The van der Waals surface area contributed by atoms with Crippen LogP contribution in [0.25, 0.3) is 0 Å². The maximum atomic E-state index is 12.6. The van der Waals surface area contributed by atoms with Crippen molar-refractivity contribution in [2.24, 2.45) is 23.7 Å². The molecule has 1 heterocycles. The van der Waals surface area contributed by atoms with Gasteiger partial charge in [-0.3, -0.25) is 24.1 Å². The fourth-order valence-electron chi connectivity index (χ4n) is 5.18. The lowest BCUT2D eigenvalue weighted by Crippen LogP contribution is -2.35. The summed E-state index contributed by atoms with van der Waals surface area (Å²) in [4.78, 5) is 50.5. The third-order valence-corrected chi connectivity index (χ3v) is 6.80. The number of hydrogen-bond acceptors (Lipinski definition) is 5. The molecule has 3 aliphatic rings. The lowest BCUT2D eigenvalue weighted by atomic mass is 9.81. The van der Waals surface area contributed by atoms with Crippen molar-refractivity contribution in [1.82, 2.24) is 4.90 Å². The Morgan fingerprint density at radius 2 is 1.76 bits per heavy atom. The maximum absolute atomic E-state index is 12.6. The number of nitrogens with one attached hydrogen (secondary N) is 1. The molecular weight excluding hydrogens is 372 g/mol. The highest BCUT2D eigenvalue weighted by atomic mass is 16.5. The van der Waals surface area contributed by atoms with Gasteiger partial charge in [0.1, 0.15) is 0 Å². The number of likely N-dealkylation sites (tertiary alicyclic amines) is 1. The number of imide groups is 1. The molecule has 0 aromatic heterocycles. The first-order valence-electron chi connectivity index (χ1n) is 10.2. The second-order valence-corrected chi connectivity index (χ2v) is 8.42. The number of carbonyl (C=O) groups is 4. The number of amides is 3. The van der Waals surface area contributed by atoms with Crippen molar-refractivity contribution >= 4 is 29.4 Å². The Morgan fingerprint density at radius 1 is 1.10 bits per heavy atom. The molecule has 4 rings (SSSR count). The highest BCUT2D eigenvalue weighted by molar-refractivity contribution is 6.06. The van der Waals surface area contributed by atoms with Crippen molar-refractivity contribution in [3.05, 3.63) is 29.3 Å². The molecule has 154 valence electrons. The SMILES string of the molecule is Cc1cccc(NC(=O)COC(=O)CCN2C(=O)[C@@H]3[C@H]4CC[C@@H](C4)[C@H]3C2=O)c1C. The van der Waals surface area contributed by atoms with Gasteiger partial charge >= 0.3 is 5.97 Å². The number of fused-ring (bicyclic) bond motifs is 5. The molecular formula is C22H26N2O5. The summed E-state index contributed by atoms with van der Waals surface area (Å²) >= 11 is 0. The van der Waals surface area contributed by atoms with Crippen LogP contribution in [0, 0.1) is 37.5 Å². The topological polar surface area (TPSA) is 92.8 Å². The summed E-state index contributed by atoms with van der Waals surface area (Å²) in [5, 5.41) is 2.73. The smallest absolute Gasteiger partial charge is 0.308 e. The van der Waals surface area contributed by atoms with E-state index in [1.807, 2.05) is 26.0 Å². The number of anilines is 1. The molecule has 1 aromatic rings. The normalized spacial score (nSPS) is 27.3. The van der Waals surface area contributed by atoms with Gasteiger partial charge in [0.15, 0.2) is 6.61 Å². The van der Waals surface area contributed by atoms with E-state index in [0.717, 1.165) is 30.4 Å². The van der Waals surface area contributed by atoms with Crippen molar-refractivity contribution in [3.63, 3.8) is 0 Å². The molecule has 0 spiro atoms. The van der Waals surface area contributed by atoms with Gasteiger partial charge in [-0.1, -0.05) is 12.1 Å². The molecule has 2 saturated carbocycles. The Hall–Kier alpha value is -2.70. The van der Waals surface area contributed by atoms with Gasteiger partial charge in [0, 0.05) is 12.2 Å². The van der Waals surface area contributed by atoms with Crippen LogP contribution in [0.1, 0.15) is 36.8 Å². The lowest BCUT2D eigenvalue weighted by molar-refractivity contribution is -0.149. The predicted molar refractivity (Wildman–Crippen MR) is 105 cm³/mol. The van der Waals surface area contributed by atoms with Crippen molar-refractivity contribution in [1.29, 1.82) is 0 Å². The van der Waals surface area contributed by atoms with Crippen LogP contribution >= 0.6 is 0 Å². The van der Waals surface area contributed by atoms with Crippen LogP contribution in [0.15, 0.2) is 18.2 Å². The average Bonchev–Trinajstić information content (AvgIpc) is 3.37. The molecule has 7 heteroatoms. The van der Waals surface area contributed by atoms with E-state index in [1.165, 1.54) is 4.90 Å². The fourth-order valence-corrected chi connectivity index (χ4v) is 5.18. The molecule has 0 unspecified atom stereocenters. The molecule has 1 aliphatic heterocycles. The zero-order chi connectivity index (χ0) is 20.7. The van der Waals surface area contributed by atoms with Crippen molar-refractivity contribution < 1.29 is 23.9 Å². The third-order valence-electron chi connectivity index (χ3n) is 6.80. The van der Waals surface area contributed by atoms with Crippen LogP contribution in [0.4, 0.5) is 5.69 Å². The van der Waals surface area contributed by atoms with E-state index in [9.17, 15) is 19.2 Å². The monoisotopic (exact) mass is 398 g/mol. The van der Waals surface area contributed by atoms with E-state index in [1.54, 1.807) is 6.07 Å².